The molecular formula is C19H16N2O4. The Kier molecular flexibility index (Phi) is 3.46. The third-order valence-corrected chi connectivity index (χ3v) is 4.22. The van der Waals surface area contributed by atoms with Gasteiger partial charge in [-0.1, -0.05) is 18.2 Å². The van der Waals surface area contributed by atoms with Crippen LogP contribution >= 0.6 is 0 Å². The smallest absolute Gasteiger partial charge is 0.386 e. The maximum Gasteiger partial charge on any atom is 0.386 e. The predicted molar refractivity (Wildman–Crippen MR) is 92.4 cm³/mol. The van der Waals surface area contributed by atoms with Crippen LogP contribution in [-0.2, 0) is 20.2 Å². The van der Waals surface area contributed by atoms with Crippen LogP contribution < -0.4 is 9.64 Å². The number of para-hydroxylation sites is 1. The molecule has 2 aromatic rings. The summed E-state index contributed by atoms with van der Waals surface area (Å²) in [4.78, 5) is 20.1. The van der Waals surface area contributed by atoms with Gasteiger partial charge in [-0.3, -0.25) is 4.79 Å². The second-order valence-electron chi connectivity index (χ2n) is 5.66. The van der Waals surface area contributed by atoms with Crippen molar-refractivity contribution in [2.24, 2.45) is 5.16 Å². The van der Waals surface area contributed by atoms with Gasteiger partial charge in [0, 0.05) is 12.1 Å². The van der Waals surface area contributed by atoms with Crippen LogP contribution in [0.15, 0.2) is 66.3 Å². The van der Waals surface area contributed by atoms with E-state index < -0.39 is 5.79 Å². The second-order valence-corrected chi connectivity index (χ2v) is 5.66. The van der Waals surface area contributed by atoms with E-state index in [2.05, 4.69) is 11.7 Å². The van der Waals surface area contributed by atoms with Gasteiger partial charge in [0.1, 0.15) is 5.75 Å². The molecule has 0 aliphatic carbocycles. The van der Waals surface area contributed by atoms with Gasteiger partial charge in [0.05, 0.1) is 18.4 Å². The fraction of sp³-hybridized carbons (Fsp3) is 0.158. The lowest BCUT2D eigenvalue weighted by atomic mass is 10.1. The average molecular weight is 336 g/mol. The molecule has 0 fully saturated rings. The lowest BCUT2D eigenvalue weighted by Crippen LogP contribution is -2.42. The third kappa shape index (κ3) is 2.18. The topological polar surface area (TPSA) is 60.4 Å². The van der Waals surface area contributed by atoms with Crippen molar-refractivity contribution in [2.75, 3.05) is 18.6 Å². The number of nitrogens with zero attached hydrogens (tertiary/aromatic N) is 2. The quantitative estimate of drug-likeness (QED) is 0.806. The van der Waals surface area contributed by atoms with E-state index in [1.807, 2.05) is 24.3 Å². The van der Waals surface area contributed by atoms with Crippen LogP contribution in [0.4, 0.5) is 5.69 Å². The summed E-state index contributed by atoms with van der Waals surface area (Å²) in [6, 6.07) is 14.5. The van der Waals surface area contributed by atoms with Crippen molar-refractivity contribution in [1.82, 2.24) is 0 Å². The standard InChI is InChI=1S/C19H16N2O4/c1-3-12-21-16-7-5-4-6-15(16)19(18(21)22)24-17(20-25-19)13-8-10-14(23-2)11-9-13/h3-11H,1,12H2,2H3. The first-order valence-corrected chi connectivity index (χ1v) is 7.81. The van der Waals surface area contributed by atoms with Crippen molar-refractivity contribution in [2.45, 2.75) is 5.79 Å². The van der Waals surface area contributed by atoms with Crippen molar-refractivity contribution < 1.29 is 19.1 Å². The third-order valence-electron chi connectivity index (χ3n) is 4.22. The molecule has 1 amide bonds. The van der Waals surface area contributed by atoms with Crippen LogP contribution in [0.3, 0.4) is 0 Å². The minimum Gasteiger partial charge on any atom is -0.497 e. The van der Waals surface area contributed by atoms with Gasteiger partial charge >= 0.3 is 11.7 Å². The molecule has 2 aromatic carbocycles. The van der Waals surface area contributed by atoms with Crippen molar-refractivity contribution >= 4 is 17.5 Å². The maximum atomic E-state index is 13.0. The number of anilines is 1. The average Bonchev–Trinajstić information content (AvgIpc) is 3.20. The van der Waals surface area contributed by atoms with Crippen LogP contribution in [0, 0.1) is 0 Å². The second kappa shape index (κ2) is 5.66. The van der Waals surface area contributed by atoms with E-state index in [0.717, 1.165) is 11.4 Å². The molecule has 0 saturated heterocycles. The summed E-state index contributed by atoms with van der Waals surface area (Å²) in [6.07, 6.45) is 1.66. The molecule has 4 rings (SSSR count). The van der Waals surface area contributed by atoms with Crippen LogP contribution in [0.1, 0.15) is 11.1 Å². The molecule has 2 aliphatic heterocycles. The van der Waals surface area contributed by atoms with Crippen molar-refractivity contribution in [1.29, 1.82) is 0 Å². The number of hydrogen-bond acceptors (Lipinski definition) is 5. The summed E-state index contributed by atoms with van der Waals surface area (Å²) >= 11 is 0. The largest absolute Gasteiger partial charge is 0.497 e. The van der Waals surface area contributed by atoms with Crippen LogP contribution in [0.2, 0.25) is 0 Å². The van der Waals surface area contributed by atoms with Crippen molar-refractivity contribution in [3.8, 4) is 5.75 Å². The number of fused-ring (bicyclic) bond motifs is 2. The van der Waals surface area contributed by atoms with Gasteiger partial charge in [0.15, 0.2) is 0 Å². The summed E-state index contributed by atoms with van der Waals surface area (Å²) in [5.41, 5.74) is 2.07. The van der Waals surface area contributed by atoms with Crippen LogP contribution in [0.25, 0.3) is 0 Å². The molecule has 2 heterocycles. The van der Waals surface area contributed by atoms with E-state index >= 15 is 0 Å². The zero-order valence-electron chi connectivity index (χ0n) is 13.6. The van der Waals surface area contributed by atoms with Gasteiger partial charge in [-0.15, -0.1) is 6.58 Å². The Bertz CT molecular complexity index is 875. The van der Waals surface area contributed by atoms with E-state index in [1.54, 1.807) is 42.4 Å². The summed E-state index contributed by atoms with van der Waals surface area (Å²) in [5, 5.41) is 4.02. The van der Waals surface area contributed by atoms with E-state index in [1.165, 1.54) is 0 Å². The number of benzene rings is 2. The Labute approximate surface area is 144 Å². The van der Waals surface area contributed by atoms with Gasteiger partial charge in [-0.2, -0.15) is 0 Å². The van der Waals surface area contributed by atoms with Gasteiger partial charge in [-0.05, 0) is 41.6 Å². The molecule has 1 spiro atoms. The first kappa shape index (κ1) is 15.3. The Morgan fingerprint density at radius 2 is 2.00 bits per heavy atom. The molecule has 0 N–H and O–H groups in total. The first-order valence-electron chi connectivity index (χ1n) is 7.81. The highest BCUT2D eigenvalue weighted by Crippen LogP contribution is 2.46. The molecule has 1 atom stereocenters. The highest BCUT2D eigenvalue weighted by atomic mass is 16.8. The SMILES string of the molecule is C=CCN1C(=O)C2(ON=C(c3ccc(OC)cc3)O2)c2ccccc21. The fourth-order valence-electron chi connectivity index (χ4n) is 3.01. The Morgan fingerprint density at radius 3 is 2.72 bits per heavy atom. The lowest BCUT2D eigenvalue weighted by Gasteiger charge is -2.20. The lowest BCUT2D eigenvalue weighted by molar-refractivity contribution is -0.181. The van der Waals surface area contributed by atoms with Crippen molar-refractivity contribution in [3.05, 3.63) is 72.3 Å². The zero-order chi connectivity index (χ0) is 17.4. The van der Waals surface area contributed by atoms with E-state index in [-0.39, 0.29) is 11.8 Å². The highest BCUT2D eigenvalue weighted by molar-refractivity contribution is 6.09. The maximum absolute atomic E-state index is 13.0. The number of oxime groups is 1. The van der Waals surface area contributed by atoms with E-state index in [4.69, 9.17) is 14.3 Å². The molecular weight excluding hydrogens is 320 g/mol. The normalized spacial score (nSPS) is 20.8. The van der Waals surface area contributed by atoms with Gasteiger partial charge in [0.2, 0.25) is 0 Å². The summed E-state index contributed by atoms with van der Waals surface area (Å²) in [5.74, 6) is -0.918. The van der Waals surface area contributed by atoms with E-state index in [0.29, 0.717) is 17.7 Å². The summed E-state index contributed by atoms with van der Waals surface area (Å²) < 4.78 is 11.1. The zero-order valence-corrected chi connectivity index (χ0v) is 13.6. The first-order chi connectivity index (χ1) is 12.2. The number of rotatable bonds is 4. The molecule has 6 nitrogen and oxygen atoms in total. The number of amides is 1. The van der Waals surface area contributed by atoms with Gasteiger partial charge in [0.25, 0.3) is 5.90 Å². The predicted octanol–water partition coefficient (Wildman–Crippen LogP) is 2.79. The van der Waals surface area contributed by atoms with Crippen molar-refractivity contribution in [3.63, 3.8) is 0 Å². The monoisotopic (exact) mass is 336 g/mol. The molecule has 1 unspecified atom stereocenters. The van der Waals surface area contributed by atoms with Gasteiger partial charge in [-0.25, -0.2) is 0 Å². The highest BCUT2D eigenvalue weighted by Gasteiger charge is 2.59. The van der Waals surface area contributed by atoms with E-state index in [9.17, 15) is 4.79 Å². The minimum absolute atomic E-state index is 0.256. The molecule has 0 bridgehead atoms. The molecule has 126 valence electrons. The Balaban J connectivity index is 1.70. The number of methoxy groups -OCH3 is 1. The molecule has 0 saturated carbocycles. The number of ether oxygens (including phenoxy) is 2. The molecule has 0 aromatic heterocycles. The molecule has 25 heavy (non-hydrogen) atoms. The fourth-order valence-corrected chi connectivity index (χ4v) is 3.01. The molecule has 0 radical (unpaired) electrons. The minimum atomic E-state index is -1.57. The summed E-state index contributed by atoms with van der Waals surface area (Å²) in [7, 11) is 1.60. The molecule has 2 aliphatic rings. The Morgan fingerprint density at radius 1 is 1.24 bits per heavy atom. The molecule has 6 heteroatoms. The number of carbonyl (C=O) groups excluding carboxylic acids is 1. The number of carbonyl (C=O) groups is 1. The number of hydrogen-bond donors (Lipinski definition) is 0. The van der Waals surface area contributed by atoms with Gasteiger partial charge < -0.3 is 19.2 Å². The summed E-state index contributed by atoms with van der Waals surface area (Å²) in [6.45, 7) is 4.07. The van der Waals surface area contributed by atoms with Crippen LogP contribution in [-0.4, -0.2) is 25.5 Å². The van der Waals surface area contributed by atoms with Crippen LogP contribution in [0.5, 0.6) is 5.75 Å². The Hall–Kier alpha value is -3.28.